The largest absolute Gasteiger partial charge is 0.376 e. The molecule has 1 aliphatic rings. The maximum atomic E-state index is 11.5. The highest BCUT2D eigenvalue weighted by molar-refractivity contribution is 5.76. The fourth-order valence-corrected chi connectivity index (χ4v) is 2.20. The van der Waals surface area contributed by atoms with Crippen LogP contribution in [0.25, 0.3) is 0 Å². The van der Waals surface area contributed by atoms with Gasteiger partial charge in [0.25, 0.3) is 0 Å². The molecular formula is C14H28N2O2. The van der Waals surface area contributed by atoms with Crippen molar-refractivity contribution in [2.24, 2.45) is 11.7 Å². The first-order valence-corrected chi connectivity index (χ1v) is 7.25. The molecule has 0 aliphatic heterocycles. The van der Waals surface area contributed by atoms with Gasteiger partial charge >= 0.3 is 0 Å². The van der Waals surface area contributed by atoms with Crippen LogP contribution < -0.4 is 11.1 Å². The molecule has 1 saturated carbocycles. The van der Waals surface area contributed by atoms with Crippen molar-refractivity contribution >= 4 is 5.91 Å². The van der Waals surface area contributed by atoms with Gasteiger partial charge in [-0.2, -0.15) is 0 Å². The molecule has 3 N–H and O–H groups in total. The second-order valence-corrected chi connectivity index (χ2v) is 5.48. The van der Waals surface area contributed by atoms with E-state index >= 15 is 0 Å². The quantitative estimate of drug-likeness (QED) is 0.683. The maximum Gasteiger partial charge on any atom is 0.220 e. The lowest BCUT2D eigenvalue weighted by Crippen LogP contribution is -2.33. The number of hydrogen-bond acceptors (Lipinski definition) is 3. The molecular weight excluding hydrogens is 228 g/mol. The Morgan fingerprint density at radius 1 is 1.39 bits per heavy atom. The van der Waals surface area contributed by atoms with Crippen LogP contribution in [0, 0.1) is 5.92 Å². The van der Waals surface area contributed by atoms with Gasteiger partial charge in [-0.25, -0.2) is 0 Å². The zero-order valence-electron chi connectivity index (χ0n) is 11.8. The van der Waals surface area contributed by atoms with Gasteiger partial charge in [-0.05, 0) is 31.6 Å². The third-order valence-electron chi connectivity index (χ3n) is 3.73. The van der Waals surface area contributed by atoms with E-state index in [0.717, 1.165) is 32.1 Å². The molecule has 0 saturated heterocycles. The van der Waals surface area contributed by atoms with E-state index in [2.05, 4.69) is 19.2 Å². The lowest BCUT2D eigenvalue weighted by molar-refractivity contribution is -0.122. The zero-order valence-corrected chi connectivity index (χ0v) is 11.8. The molecule has 4 nitrogen and oxygen atoms in total. The molecule has 0 aromatic rings. The second-order valence-electron chi connectivity index (χ2n) is 5.48. The first-order chi connectivity index (χ1) is 8.61. The number of nitrogens with one attached hydrogen (secondary N) is 1. The summed E-state index contributed by atoms with van der Waals surface area (Å²) in [7, 11) is 0. The van der Waals surface area contributed by atoms with Crippen LogP contribution in [0.3, 0.4) is 0 Å². The van der Waals surface area contributed by atoms with Gasteiger partial charge in [0.1, 0.15) is 0 Å². The van der Waals surface area contributed by atoms with Crippen LogP contribution in [0.15, 0.2) is 0 Å². The van der Waals surface area contributed by atoms with E-state index in [-0.39, 0.29) is 5.91 Å². The van der Waals surface area contributed by atoms with Crippen molar-refractivity contribution in [1.29, 1.82) is 0 Å². The first kappa shape index (κ1) is 15.4. The summed E-state index contributed by atoms with van der Waals surface area (Å²) in [6.45, 7) is 5.44. The molecule has 0 aromatic heterocycles. The smallest absolute Gasteiger partial charge is 0.220 e. The van der Waals surface area contributed by atoms with E-state index in [4.69, 9.17) is 10.5 Å². The van der Waals surface area contributed by atoms with E-state index in [0.29, 0.717) is 37.6 Å². The zero-order chi connectivity index (χ0) is 13.4. The van der Waals surface area contributed by atoms with Crippen molar-refractivity contribution in [3.63, 3.8) is 0 Å². The van der Waals surface area contributed by atoms with Crippen molar-refractivity contribution in [1.82, 2.24) is 5.32 Å². The molecule has 4 heteroatoms. The van der Waals surface area contributed by atoms with Gasteiger partial charge in [0.2, 0.25) is 5.91 Å². The maximum absolute atomic E-state index is 11.5. The van der Waals surface area contributed by atoms with Gasteiger partial charge in [0.15, 0.2) is 0 Å². The van der Waals surface area contributed by atoms with Crippen molar-refractivity contribution in [2.45, 2.75) is 64.5 Å². The van der Waals surface area contributed by atoms with Crippen LogP contribution in [0.5, 0.6) is 0 Å². The predicted octanol–water partition coefficient (Wildman–Crippen LogP) is 1.83. The lowest BCUT2D eigenvalue weighted by atomic mass is 9.94. The van der Waals surface area contributed by atoms with Crippen molar-refractivity contribution in [3.8, 4) is 0 Å². The molecule has 0 aromatic carbocycles. The van der Waals surface area contributed by atoms with Crippen LogP contribution in [-0.4, -0.2) is 31.2 Å². The molecule has 18 heavy (non-hydrogen) atoms. The Morgan fingerprint density at radius 2 is 2.06 bits per heavy atom. The highest BCUT2D eigenvalue weighted by Crippen LogP contribution is 2.19. The van der Waals surface area contributed by atoms with Crippen molar-refractivity contribution in [3.05, 3.63) is 0 Å². The average molecular weight is 256 g/mol. The van der Waals surface area contributed by atoms with E-state index in [1.165, 1.54) is 0 Å². The third-order valence-corrected chi connectivity index (χ3v) is 3.73. The Labute approximate surface area is 111 Å². The third kappa shape index (κ3) is 6.36. The molecule has 1 rings (SSSR count). The normalized spacial score (nSPS) is 25.7. The summed E-state index contributed by atoms with van der Waals surface area (Å²) in [4.78, 5) is 11.5. The topological polar surface area (TPSA) is 64.3 Å². The second kappa shape index (κ2) is 8.48. The van der Waals surface area contributed by atoms with Crippen LogP contribution in [0.4, 0.5) is 0 Å². The number of amides is 1. The monoisotopic (exact) mass is 256 g/mol. The molecule has 0 radical (unpaired) electrons. The Hall–Kier alpha value is -0.610. The Morgan fingerprint density at radius 3 is 2.67 bits per heavy atom. The van der Waals surface area contributed by atoms with Gasteiger partial charge in [-0.15, -0.1) is 0 Å². The summed E-state index contributed by atoms with van der Waals surface area (Å²) in [5.41, 5.74) is 5.84. The number of carbonyl (C=O) groups excluding carboxylic acids is 1. The van der Waals surface area contributed by atoms with Gasteiger partial charge in [-0.1, -0.05) is 20.3 Å². The summed E-state index contributed by atoms with van der Waals surface area (Å²) in [5.74, 6) is 0.601. The van der Waals surface area contributed by atoms with E-state index in [9.17, 15) is 4.79 Å². The van der Waals surface area contributed by atoms with Crippen LogP contribution in [-0.2, 0) is 9.53 Å². The number of nitrogens with two attached hydrogens (primary N) is 1. The average Bonchev–Trinajstić information content (AvgIpc) is 2.36. The van der Waals surface area contributed by atoms with Crippen LogP contribution >= 0.6 is 0 Å². The summed E-state index contributed by atoms with van der Waals surface area (Å²) in [6.07, 6.45) is 6.25. The molecule has 1 fully saturated rings. The SMILES string of the molecule is CCC(C)CC(=O)NCCOC1CCC(N)CC1. The van der Waals surface area contributed by atoms with E-state index < -0.39 is 0 Å². The van der Waals surface area contributed by atoms with Gasteiger partial charge in [0.05, 0.1) is 12.7 Å². The molecule has 0 spiro atoms. The Kier molecular flexibility index (Phi) is 7.28. The van der Waals surface area contributed by atoms with Crippen LogP contribution in [0.2, 0.25) is 0 Å². The fraction of sp³-hybridized carbons (Fsp3) is 0.929. The Balaban J connectivity index is 1.99. The summed E-state index contributed by atoms with van der Waals surface area (Å²) >= 11 is 0. The van der Waals surface area contributed by atoms with Crippen LogP contribution in [0.1, 0.15) is 52.4 Å². The minimum Gasteiger partial charge on any atom is -0.376 e. The summed E-state index contributed by atoms with van der Waals surface area (Å²) in [5, 5.41) is 2.91. The lowest BCUT2D eigenvalue weighted by Gasteiger charge is -2.26. The predicted molar refractivity (Wildman–Crippen MR) is 73.3 cm³/mol. The number of carbonyl (C=O) groups is 1. The highest BCUT2D eigenvalue weighted by Gasteiger charge is 2.18. The summed E-state index contributed by atoms with van der Waals surface area (Å²) in [6, 6.07) is 0.361. The first-order valence-electron chi connectivity index (χ1n) is 7.25. The molecule has 0 heterocycles. The standard InChI is InChI=1S/C14H28N2O2/c1-3-11(2)10-14(17)16-8-9-18-13-6-4-12(15)5-7-13/h11-13H,3-10,15H2,1-2H3,(H,16,17). The van der Waals surface area contributed by atoms with Gasteiger partial charge < -0.3 is 15.8 Å². The molecule has 1 unspecified atom stereocenters. The molecule has 1 amide bonds. The molecule has 0 bridgehead atoms. The summed E-state index contributed by atoms with van der Waals surface area (Å²) < 4.78 is 5.74. The molecule has 106 valence electrons. The van der Waals surface area contributed by atoms with Gasteiger partial charge in [0, 0.05) is 19.0 Å². The number of rotatable bonds is 7. The van der Waals surface area contributed by atoms with E-state index in [1.54, 1.807) is 0 Å². The molecule has 1 atom stereocenters. The number of hydrogen-bond donors (Lipinski definition) is 2. The Bertz CT molecular complexity index is 238. The van der Waals surface area contributed by atoms with E-state index in [1.807, 2.05) is 0 Å². The molecule has 1 aliphatic carbocycles. The minimum absolute atomic E-state index is 0.138. The number of ether oxygens (including phenoxy) is 1. The highest BCUT2D eigenvalue weighted by atomic mass is 16.5. The van der Waals surface area contributed by atoms with Gasteiger partial charge in [-0.3, -0.25) is 4.79 Å². The minimum atomic E-state index is 0.138. The van der Waals surface area contributed by atoms with Crippen molar-refractivity contribution in [2.75, 3.05) is 13.2 Å². The fourth-order valence-electron chi connectivity index (χ4n) is 2.20. The van der Waals surface area contributed by atoms with Crippen molar-refractivity contribution < 1.29 is 9.53 Å².